The summed E-state index contributed by atoms with van der Waals surface area (Å²) in [6.45, 7) is 2.69. The van der Waals surface area contributed by atoms with Crippen molar-refractivity contribution in [3.63, 3.8) is 0 Å². The Hall–Kier alpha value is -3.36. The second kappa shape index (κ2) is 10.1. The van der Waals surface area contributed by atoms with Gasteiger partial charge in [-0.05, 0) is 48.0 Å². The summed E-state index contributed by atoms with van der Waals surface area (Å²) in [5.74, 6) is -0.0826. The number of benzene rings is 2. The first-order valence-electron chi connectivity index (χ1n) is 10.4. The van der Waals surface area contributed by atoms with E-state index in [9.17, 15) is 13.2 Å². The number of nitrogens with one attached hydrogen (secondary N) is 1. The van der Waals surface area contributed by atoms with Crippen LogP contribution in [-0.2, 0) is 10.0 Å². The van der Waals surface area contributed by atoms with Crippen molar-refractivity contribution in [2.45, 2.75) is 0 Å². The monoisotopic (exact) mass is 482 g/mol. The highest BCUT2D eigenvalue weighted by Crippen LogP contribution is 2.21. The van der Waals surface area contributed by atoms with Crippen LogP contribution in [0.1, 0.15) is 15.9 Å². The third-order valence-electron chi connectivity index (χ3n) is 5.32. The number of pyridine rings is 1. The van der Waals surface area contributed by atoms with Gasteiger partial charge in [-0.25, -0.2) is 8.42 Å². The maximum Gasteiger partial charge on any atom is 0.272 e. The van der Waals surface area contributed by atoms with Crippen LogP contribution in [0.25, 0.3) is 6.08 Å². The molecule has 0 aliphatic carbocycles. The number of aromatic nitrogens is 1. The Morgan fingerprint density at radius 2 is 1.55 bits per heavy atom. The molecule has 4 rings (SSSR count). The number of carbonyl (C=O) groups is 1. The molecular formula is C24H23ClN4O3S. The molecule has 1 aliphatic heterocycles. The summed E-state index contributed by atoms with van der Waals surface area (Å²) in [6, 6.07) is 19.2. The first-order valence-corrected chi connectivity index (χ1v) is 12.3. The van der Waals surface area contributed by atoms with Gasteiger partial charge in [-0.15, -0.1) is 0 Å². The van der Waals surface area contributed by atoms with E-state index in [1.807, 2.05) is 18.2 Å². The Morgan fingerprint density at radius 1 is 0.909 bits per heavy atom. The zero-order valence-corrected chi connectivity index (χ0v) is 19.3. The summed E-state index contributed by atoms with van der Waals surface area (Å²) in [5, 5.41) is 0. The molecule has 9 heteroatoms. The lowest BCUT2D eigenvalue weighted by Crippen LogP contribution is -2.48. The van der Waals surface area contributed by atoms with E-state index in [0.717, 1.165) is 18.8 Å². The van der Waals surface area contributed by atoms with E-state index in [1.54, 1.807) is 65.8 Å². The molecule has 1 fully saturated rings. The molecule has 1 amide bonds. The summed E-state index contributed by atoms with van der Waals surface area (Å²) in [6.07, 6.45) is 4.90. The number of nitrogens with zero attached hydrogens (tertiary/aromatic N) is 3. The third-order valence-corrected chi connectivity index (χ3v) is 7.17. The quantitative estimate of drug-likeness (QED) is 0.573. The van der Waals surface area contributed by atoms with E-state index in [1.165, 1.54) is 6.08 Å². The van der Waals surface area contributed by atoms with Gasteiger partial charge in [0.2, 0.25) is 0 Å². The summed E-state index contributed by atoms with van der Waals surface area (Å²) >= 11 is 6.04. The molecule has 33 heavy (non-hydrogen) atoms. The predicted molar refractivity (Wildman–Crippen MR) is 132 cm³/mol. The number of amides is 1. The van der Waals surface area contributed by atoms with Crippen molar-refractivity contribution in [2.24, 2.45) is 0 Å². The van der Waals surface area contributed by atoms with Crippen molar-refractivity contribution in [1.82, 2.24) is 9.88 Å². The number of rotatable bonds is 6. The van der Waals surface area contributed by atoms with E-state index in [0.29, 0.717) is 29.9 Å². The number of piperazine rings is 1. The minimum absolute atomic E-state index is 0.0826. The fourth-order valence-electron chi connectivity index (χ4n) is 3.55. The van der Waals surface area contributed by atoms with Gasteiger partial charge >= 0.3 is 0 Å². The molecule has 0 spiro atoms. The Labute approximate surface area is 198 Å². The molecule has 7 nitrogen and oxygen atoms in total. The highest BCUT2D eigenvalue weighted by molar-refractivity contribution is 7.98. The molecule has 170 valence electrons. The molecule has 1 aliphatic rings. The van der Waals surface area contributed by atoms with Gasteiger partial charge in [-0.3, -0.25) is 14.5 Å². The minimum Gasteiger partial charge on any atom is -0.368 e. The summed E-state index contributed by atoms with van der Waals surface area (Å²) in [4.78, 5) is 20.9. The summed E-state index contributed by atoms with van der Waals surface area (Å²) in [5.41, 5.74) is 2.60. The minimum atomic E-state index is -3.93. The second-order valence-electron chi connectivity index (χ2n) is 7.53. The van der Waals surface area contributed by atoms with Crippen LogP contribution >= 0.6 is 11.6 Å². The zero-order valence-electron chi connectivity index (χ0n) is 17.8. The molecule has 1 aromatic heterocycles. The lowest BCUT2D eigenvalue weighted by Gasteiger charge is -2.36. The summed E-state index contributed by atoms with van der Waals surface area (Å²) in [7, 11) is -3.93. The van der Waals surface area contributed by atoms with Gasteiger partial charge in [0.05, 0.1) is 0 Å². The smallest absolute Gasteiger partial charge is 0.272 e. The van der Waals surface area contributed by atoms with Crippen LogP contribution < -0.4 is 9.62 Å². The van der Waals surface area contributed by atoms with Gasteiger partial charge in [-0.1, -0.05) is 41.9 Å². The Balaban J connectivity index is 1.37. The van der Waals surface area contributed by atoms with E-state index in [2.05, 4.69) is 14.6 Å². The van der Waals surface area contributed by atoms with Crippen molar-refractivity contribution in [1.29, 1.82) is 0 Å². The number of sulfonamides is 1. The number of carbonyl (C=O) groups excluding carboxylic acids is 1. The van der Waals surface area contributed by atoms with Crippen molar-refractivity contribution in [3.8, 4) is 0 Å². The highest BCUT2D eigenvalue weighted by Gasteiger charge is 2.22. The maximum absolute atomic E-state index is 12.9. The molecule has 1 N–H and O–H groups in total. The molecule has 0 saturated carbocycles. The van der Waals surface area contributed by atoms with E-state index < -0.39 is 10.0 Å². The molecule has 0 radical (unpaired) electrons. The van der Waals surface area contributed by atoms with Gasteiger partial charge in [0, 0.05) is 55.5 Å². The fourth-order valence-corrected chi connectivity index (χ4v) is 4.62. The van der Waals surface area contributed by atoms with Crippen LogP contribution in [0.5, 0.6) is 0 Å². The first kappa shape index (κ1) is 22.8. The third kappa shape index (κ3) is 5.71. The van der Waals surface area contributed by atoms with Gasteiger partial charge < -0.3 is 9.80 Å². The van der Waals surface area contributed by atoms with Crippen molar-refractivity contribution in [3.05, 3.63) is 94.6 Å². The highest BCUT2D eigenvalue weighted by atomic mass is 35.5. The van der Waals surface area contributed by atoms with E-state index >= 15 is 0 Å². The molecule has 1 saturated heterocycles. The van der Waals surface area contributed by atoms with Gasteiger partial charge in [0.25, 0.3) is 15.9 Å². The first-order chi connectivity index (χ1) is 15.9. The average molecular weight is 483 g/mol. The van der Waals surface area contributed by atoms with Crippen molar-refractivity contribution in [2.75, 3.05) is 35.8 Å². The Kier molecular flexibility index (Phi) is 6.96. The molecular weight excluding hydrogens is 460 g/mol. The number of anilines is 2. The topological polar surface area (TPSA) is 82.6 Å². The Bertz CT molecular complexity index is 1230. The molecule has 3 aromatic rings. The fraction of sp³-hybridized carbons (Fsp3) is 0.167. The molecule has 2 heterocycles. The Morgan fingerprint density at radius 3 is 2.18 bits per heavy atom. The maximum atomic E-state index is 12.9. The SMILES string of the molecule is O=C(c1ccc(NS(=O)(=O)C(Cl)=Cc2ccccc2)cc1)N1CCN(c2ccncc2)CC1. The predicted octanol–water partition coefficient (Wildman–Crippen LogP) is 4.02. The van der Waals surface area contributed by atoms with Crippen molar-refractivity contribution < 1.29 is 13.2 Å². The van der Waals surface area contributed by atoms with Crippen LogP contribution in [0.3, 0.4) is 0 Å². The number of hydrogen-bond acceptors (Lipinski definition) is 5. The van der Waals surface area contributed by atoms with Gasteiger partial charge in [-0.2, -0.15) is 0 Å². The number of hydrogen-bond donors (Lipinski definition) is 1. The second-order valence-corrected chi connectivity index (χ2v) is 9.81. The van der Waals surface area contributed by atoms with Crippen LogP contribution in [0.2, 0.25) is 0 Å². The van der Waals surface area contributed by atoms with Crippen LogP contribution in [0.15, 0.2) is 83.5 Å². The standard InChI is InChI=1S/C24H23ClN4O3S/c25-23(18-19-4-2-1-3-5-19)33(31,32)27-21-8-6-20(7-9-21)24(30)29-16-14-28(15-17-29)22-10-12-26-13-11-22/h1-13,18,27H,14-17H2. The van der Waals surface area contributed by atoms with Crippen LogP contribution in [-0.4, -0.2) is 50.4 Å². The number of halogens is 1. The largest absolute Gasteiger partial charge is 0.368 e. The molecule has 0 atom stereocenters. The lowest BCUT2D eigenvalue weighted by molar-refractivity contribution is 0.0747. The molecule has 2 aromatic carbocycles. The van der Waals surface area contributed by atoms with Crippen molar-refractivity contribution >= 4 is 45.0 Å². The molecule has 0 unspecified atom stereocenters. The zero-order chi connectivity index (χ0) is 23.3. The average Bonchev–Trinajstić information content (AvgIpc) is 2.85. The van der Waals surface area contributed by atoms with Crippen LogP contribution in [0, 0.1) is 0 Å². The van der Waals surface area contributed by atoms with Gasteiger partial charge in [0.15, 0.2) is 4.36 Å². The van der Waals surface area contributed by atoms with E-state index in [4.69, 9.17) is 11.6 Å². The van der Waals surface area contributed by atoms with E-state index in [-0.39, 0.29) is 10.3 Å². The summed E-state index contributed by atoms with van der Waals surface area (Å²) < 4.78 is 27.2. The molecule has 0 bridgehead atoms. The van der Waals surface area contributed by atoms with Gasteiger partial charge in [0.1, 0.15) is 0 Å². The van der Waals surface area contributed by atoms with Crippen LogP contribution in [0.4, 0.5) is 11.4 Å². The lowest BCUT2D eigenvalue weighted by atomic mass is 10.1. The normalized spacial score (nSPS) is 14.8.